The molecule has 1 aromatic carbocycles. The highest BCUT2D eigenvalue weighted by atomic mass is 19.1. The molecule has 0 aliphatic rings. The van der Waals surface area contributed by atoms with Gasteiger partial charge in [-0.25, -0.2) is 9.37 Å². The van der Waals surface area contributed by atoms with Crippen molar-refractivity contribution in [3.8, 4) is 16.9 Å². The Morgan fingerprint density at radius 3 is 2.75 bits per heavy atom. The molecule has 2 rings (SSSR count). The minimum atomic E-state index is -0.414. The number of pyridine rings is 1. The lowest BCUT2D eigenvalue weighted by Crippen LogP contribution is -1.94. The van der Waals surface area contributed by atoms with Crippen molar-refractivity contribution in [3.63, 3.8) is 0 Å². The van der Waals surface area contributed by atoms with Gasteiger partial charge in [-0.15, -0.1) is 0 Å². The van der Waals surface area contributed by atoms with Crippen molar-refractivity contribution in [3.05, 3.63) is 42.3 Å². The minimum Gasteiger partial charge on any atom is -0.494 e. The molecule has 0 amide bonds. The number of rotatable bonds is 2. The molecule has 0 saturated heterocycles. The molecule has 1 heterocycles. The van der Waals surface area contributed by atoms with E-state index in [9.17, 15) is 4.39 Å². The Morgan fingerprint density at radius 2 is 2.12 bits per heavy atom. The fourth-order valence-corrected chi connectivity index (χ4v) is 1.50. The van der Waals surface area contributed by atoms with Crippen LogP contribution >= 0.6 is 0 Å². The van der Waals surface area contributed by atoms with Crippen LogP contribution in [0.25, 0.3) is 11.1 Å². The highest BCUT2D eigenvalue weighted by molar-refractivity contribution is 5.73. The number of hydrogen-bond acceptors (Lipinski definition) is 3. The van der Waals surface area contributed by atoms with Crippen LogP contribution in [0.1, 0.15) is 0 Å². The van der Waals surface area contributed by atoms with E-state index >= 15 is 0 Å². The molecular weight excluding hydrogens is 207 g/mol. The number of nitrogen functional groups attached to an aromatic ring is 1. The van der Waals surface area contributed by atoms with Crippen LogP contribution in [0.2, 0.25) is 0 Å². The molecule has 0 bridgehead atoms. The number of ether oxygens (including phenoxy) is 1. The molecule has 0 aliphatic carbocycles. The van der Waals surface area contributed by atoms with Gasteiger partial charge in [0.1, 0.15) is 5.82 Å². The van der Waals surface area contributed by atoms with Gasteiger partial charge in [0.2, 0.25) is 0 Å². The van der Waals surface area contributed by atoms with Crippen LogP contribution in [-0.4, -0.2) is 12.1 Å². The van der Waals surface area contributed by atoms with E-state index in [4.69, 9.17) is 10.5 Å². The molecule has 4 heteroatoms. The van der Waals surface area contributed by atoms with Crippen LogP contribution in [0.15, 0.2) is 36.5 Å². The highest BCUT2D eigenvalue weighted by Crippen LogP contribution is 2.27. The van der Waals surface area contributed by atoms with Gasteiger partial charge < -0.3 is 10.5 Å². The second-order valence-electron chi connectivity index (χ2n) is 3.29. The number of anilines is 1. The van der Waals surface area contributed by atoms with Gasteiger partial charge in [0.25, 0.3) is 0 Å². The zero-order valence-electron chi connectivity index (χ0n) is 8.77. The SMILES string of the molecule is COc1ccc(-c2cccnc2N)cc1F. The van der Waals surface area contributed by atoms with Crippen LogP contribution in [0.4, 0.5) is 10.2 Å². The third-order valence-corrected chi connectivity index (χ3v) is 2.30. The Bertz CT molecular complexity index is 514. The van der Waals surface area contributed by atoms with E-state index in [1.54, 1.807) is 30.5 Å². The third-order valence-electron chi connectivity index (χ3n) is 2.30. The Balaban J connectivity index is 2.50. The molecule has 3 nitrogen and oxygen atoms in total. The van der Waals surface area contributed by atoms with Gasteiger partial charge in [-0.05, 0) is 29.8 Å². The van der Waals surface area contributed by atoms with Gasteiger partial charge in [-0.3, -0.25) is 0 Å². The van der Waals surface area contributed by atoms with E-state index in [2.05, 4.69) is 4.98 Å². The maximum atomic E-state index is 13.5. The first kappa shape index (κ1) is 10.4. The van der Waals surface area contributed by atoms with Gasteiger partial charge in [0.15, 0.2) is 11.6 Å². The lowest BCUT2D eigenvalue weighted by Gasteiger charge is -2.06. The summed E-state index contributed by atoms with van der Waals surface area (Å²) in [6.45, 7) is 0. The molecule has 2 N–H and O–H groups in total. The summed E-state index contributed by atoms with van der Waals surface area (Å²) < 4.78 is 18.3. The van der Waals surface area contributed by atoms with E-state index in [1.807, 2.05) is 0 Å². The maximum Gasteiger partial charge on any atom is 0.165 e. The fraction of sp³-hybridized carbons (Fsp3) is 0.0833. The minimum absolute atomic E-state index is 0.214. The van der Waals surface area contributed by atoms with E-state index in [0.717, 1.165) is 0 Å². The largest absolute Gasteiger partial charge is 0.494 e. The first-order valence-corrected chi connectivity index (χ1v) is 4.77. The quantitative estimate of drug-likeness (QED) is 0.842. The van der Waals surface area contributed by atoms with Crippen molar-refractivity contribution in [2.75, 3.05) is 12.8 Å². The van der Waals surface area contributed by atoms with Gasteiger partial charge in [-0.1, -0.05) is 6.07 Å². The Hall–Kier alpha value is -2.10. The second-order valence-corrected chi connectivity index (χ2v) is 3.29. The predicted octanol–water partition coefficient (Wildman–Crippen LogP) is 2.48. The first-order valence-electron chi connectivity index (χ1n) is 4.77. The topological polar surface area (TPSA) is 48.1 Å². The summed E-state index contributed by atoms with van der Waals surface area (Å²) in [7, 11) is 1.43. The van der Waals surface area contributed by atoms with E-state index in [1.165, 1.54) is 13.2 Å². The molecule has 0 saturated carbocycles. The van der Waals surface area contributed by atoms with Crippen LogP contribution in [0, 0.1) is 5.82 Å². The van der Waals surface area contributed by atoms with E-state index in [-0.39, 0.29) is 5.75 Å². The molecular formula is C12H11FN2O. The average Bonchev–Trinajstić information content (AvgIpc) is 2.29. The number of aromatic nitrogens is 1. The summed E-state index contributed by atoms with van der Waals surface area (Å²) >= 11 is 0. The summed E-state index contributed by atoms with van der Waals surface area (Å²) in [5, 5.41) is 0. The van der Waals surface area contributed by atoms with Crippen molar-refractivity contribution >= 4 is 5.82 Å². The molecule has 1 aromatic heterocycles. The molecule has 0 fully saturated rings. The zero-order chi connectivity index (χ0) is 11.5. The number of methoxy groups -OCH3 is 1. The third kappa shape index (κ3) is 1.82. The summed E-state index contributed by atoms with van der Waals surface area (Å²) in [6.07, 6.45) is 1.60. The van der Waals surface area contributed by atoms with Crippen LogP contribution in [-0.2, 0) is 0 Å². The van der Waals surface area contributed by atoms with Crippen LogP contribution in [0.3, 0.4) is 0 Å². The second kappa shape index (κ2) is 4.18. The summed E-state index contributed by atoms with van der Waals surface area (Å²) in [6, 6.07) is 8.25. The lowest BCUT2D eigenvalue weighted by molar-refractivity contribution is 0.386. The average molecular weight is 218 g/mol. The monoisotopic (exact) mass is 218 g/mol. The molecule has 0 atom stereocenters. The molecule has 0 unspecified atom stereocenters. The number of benzene rings is 1. The molecule has 82 valence electrons. The molecule has 0 aliphatic heterocycles. The number of nitrogens with zero attached hydrogens (tertiary/aromatic N) is 1. The zero-order valence-corrected chi connectivity index (χ0v) is 8.77. The molecule has 2 aromatic rings. The fourth-order valence-electron chi connectivity index (χ4n) is 1.50. The van der Waals surface area contributed by atoms with Gasteiger partial charge in [0, 0.05) is 11.8 Å². The normalized spacial score (nSPS) is 10.1. The Morgan fingerprint density at radius 1 is 1.31 bits per heavy atom. The van der Waals surface area contributed by atoms with Crippen molar-refractivity contribution in [1.29, 1.82) is 0 Å². The standard InChI is InChI=1S/C12H11FN2O/c1-16-11-5-4-8(7-10(11)13)9-3-2-6-15-12(9)14/h2-7H,1H3,(H2,14,15). The number of nitrogens with two attached hydrogens (primary N) is 1. The van der Waals surface area contributed by atoms with Gasteiger partial charge in [-0.2, -0.15) is 0 Å². The predicted molar refractivity (Wildman–Crippen MR) is 60.6 cm³/mol. The van der Waals surface area contributed by atoms with Crippen molar-refractivity contribution in [1.82, 2.24) is 4.98 Å². The smallest absolute Gasteiger partial charge is 0.165 e. The highest BCUT2D eigenvalue weighted by Gasteiger charge is 2.07. The molecule has 0 radical (unpaired) electrons. The summed E-state index contributed by atoms with van der Waals surface area (Å²) in [5.74, 6) is 0.182. The Labute approximate surface area is 92.7 Å². The van der Waals surface area contributed by atoms with E-state index < -0.39 is 5.82 Å². The maximum absolute atomic E-state index is 13.5. The summed E-state index contributed by atoms with van der Waals surface area (Å²) in [4.78, 5) is 3.95. The van der Waals surface area contributed by atoms with Gasteiger partial charge >= 0.3 is 0 Å². The van der Waals surface area contributed by atoms with Crippen molar-refractivity contribution in [2.45, 2.75) is 0 Å². The van der Waals surface area contributed by atoms with Crippen LogP contribution < -0.4 is 10.5 Å². The Kier molecular flexibility index (Phi) is 2.72. The van der Waals surface area contributed by atoms with Crippen molar-refractivity contribution in [2.24, 2.45) is 0 Å². The molecule has 0 spiro atoms. The van der Waals surface area contributed by atoms with Crippen molar-refractivity contribution < 1.29 is 9.13 Å². The summed E-state index contributed by atoms with van der Waals surface area (Å²) in [5.41, 5.74) is 7.10. The van der Waals surface area contributed by atoms with Crippen LogP contribution in [0.5, 0.6) is 5.75 Å². The van der Waals surface area contributed by atoms with E-state index in [0.29, 0.717) is 16.9 Å². The van der Waals surface area contributed by atoms with Gasteiger partial charge in [0.05, 0.1) is 7.11 Å². The lowest BCUT2D eigenvalue weighted by atomic mass is 10.1. The molecule has 16 heavy (non-hydrogen) atoms. The number of halogens is 1. The first-order chi connectivity index (χ1) is 7.72. The number of hydrogen-bond donors (Lipinski definition) is 1.